The van der Waals surface area contributed by atoms with Gasteiger partial charge in [0.15, 0.2) is 0 Å². The predicted octanol–water partition coefficient (Wildman–Crippen LogP) is 5.58. The molecule has 0 bridgehead atoms. The third kappa shape index (κ3) is 6.34. The van der Waals surface area contributed by atoms with Gasteiger partial charge in [-0.1, -0.05) is 25.5 Å². The van der Waals surface area contributed by atoms with E-state index in [1.807, 2.05) is 0 Å². The zero-order chi connectivity index (χ0) is 19.1. The molecule has 2 aliphatic rings. The topological polar surface area (TPSA) is 29.5 Å². The second-order valence-electron chi connectivity index (χ2n) is 8.66. The van der Waals surface area contributed by atoms with Crippen LogP contribution in [0.2, 0.25) is 0 Å². The van der Waals surface area contributed by atoms with Crippen molar-refractivity contribution in [3.63, 3.8) is 0 Å². The van der Waals surface area contributed by atoms with E-state index in [9.17, 15) is 4.79 Å². The summed E-state index contributed by atoms with van der Waals surface area (Å²) in [5.74, 6) is 2.94. The molecule has 0 spiro atoms. The first-order chi connectivity index (χ1) is 13.1. The molecule has 3 heteroatoms. The zero-order valence-corrected chi connectivity index (χ0v) is 17.3. The van der Waals surface area contributed by atoms with Gasteiger partial charge in [0.1, 0.15) is 11.5 Å². The standard InChI is InChI=1S/C24H37NO2/c1-3-20-6-10-23(11-7-20)27-24-12-8-21(9-13-24)22-14-17-25(18-15-22)16-4-5-19(2)26/h8-9,12-13,20,22-23H,3-7,10-11,14-18H2,1-2H3/t20-,23+. The summed E-state index contributed by atoms with van der Waals surface area (Å²) in [6.07, 6.45) is 11.0. The monoisotopic (exact) mass is 371 g/mol. The number of ketones is 1. The zero-order valence-electron chi connectivity index (χ0n) is 17.3. The highest BCUT2D eigenvalue weighted by Gasteiger charge is 2.22. The number of Topliss-reactive ketones (excluding diaryl/α,β-unsaturated/α-hetero) is 1. The highest BCUT2D eigenvalue weighted by Crippen LogP contribution is 2.32. The summed E-state index contributed by atoms with van der Waals surface area (Å²) in [6.45, 7) is 7.37. The Bertz CT molecular complexity index is 567. The maximum Gasteiger partial charge on any atom is 0.129 e. The lowest BCUT2D eigenvalue weighted by atomic mass is 9.86. The van der Waals surface area contributed by atoms with E-state index >= 15 is 0 Å². The van der Waals surface area contributed by atoms with Crippen LogP contribution in [0.1, 0.15) is 83.1 Å². The van der Waals surface area contributed by atoms with Crippen LogP contribution in [0.3, 0.4) is 0 Å². The minimum Gasteiger partial charge on any atom is -0.490 e. The molecule has 0 N–H and O–H groups in total. The Morgan fingerprint density at radius 3 is 2.30 bits per heavy atom. The van der Waals surface area contributed by atoms with E-state index in [0.29, 0.717) is 17.8 Å². The maximum atomic E-state index is 11.1. The first-order valence-corrected chi connectivity index (χ1v) is 11.1. The van der Waals surface area contributed by atoms with Crippen LogP contribution in [0.5, 0.6) is 5.75 Å². The van der Waals surface area contributed by atoms with E-state index < -0.39 is 0 Å². The van der Waals surface area contributed by atoms with Crippen LogP contribution < -0.4 is 4.74 Å². The Hall–Kier alpha value is -1.35. The van der Waals surface area contributed by atoms with Crippen LogP contribution in [-0.4, -0.2) is 36.4 Å². The van der Waals surface area contributed by atoms with E-state index in [2.05, 4.69) is 36.1 Å². The molecule has 1 saturated heterocycles. The smallest absolute Gasteiger partial charge is 0.129 e. The number of carbonyl (C=O) groups is 1. The normalized spacial score (nSPS) is 24.7. The van der Waals surface area contributed by atoms with Crippen molar-refractivity contribution in [3.05, 3.63) is 29.8 Å². The number of nitrogens with zero attached hydrogens (tertiary/aromatic N) is 1. The summed E-state index contributed by atoms with van der Waals surface area (Å²) in [4.78, 5) is 13.6. The first kappa shape index (κ1) is 20.4. The fourth-order valence-corrected chi connectivity index (χ4v) is 4.71. The van der Waals surface area contributed by atoms with Gasteiger partial charge in [0.05, 0.1) is 6.10 Å². The number of benzene rings is 1. The molecule has 1 aliphatic carbocycles. The van der Waals surface area contributed by atoms with Crippen molar-refractivity contribution < 1.29 is 9.53 Å². The molecule has 27 heavy (non-hydrogen) atoms. The maximum absolute atomic E-state index is 11.1. The van der Waals surface area contributed by atoms with Gasteiger partial charge in [0.2, 0.25) is 0 Å². The van der Waals surface area contributed by atoms with E-state index in [1.165, 1.54) is 50.5 Å². The molecular weight excluding hydrogens is 334 g/mol. The van der Waals surface area contributed by atoms with Crippen LogP contribution in [0.15, 0.2) is 24.3 Å². The van der Waals surface area contributed by atoms with Crippen molar-refractivity contribution in [2.75, 3.05) is 19.6 Å². The minimum absolute atomic E-state index is 0.311. The van der Waals surface area contributed by atoms with Gasteiger partial charge in [-0.3, -0.25) is 0 Å². The number of carbonyl (C=O) groups excluding carboxylic acids is 1. The Morgan fingerprint density at radius 1 is 1.04 bits per heavy atom. The van der Waals surface area contributed by atoms with Gasteiger partial charge in [0.25, 0.3) is 0 Å². The lowest BCUT2D eigenvalue weighted by molar-refractivity contribution is -0.117. The fourth-order valence-electron chi connectivity index (χ4n) is 4.71. The second kappa shape index (κ2) is 10.3. The average molecular weight is 372 g/mol. The predicted molar refractivity (Wildman–Crippen MR) is 111 cm³/mol. The average Bonchev–Trinajstić information content (AvgIpc) is 2.69. The molecule has 0 radical (unpaired) electrons. The molecule has 0 unspecified atom stereocenters. The summed E-state index contributed by atoms with van der Waals surface area (Å²) < 4.78 is 6.24. The molecule has 1 aliphatic heterocycles. The summed E-state index contributed by atoms with van der Waals surface area (Å²) in [7, 11) is 0. The van der Waals surface area contributed by atoms with E-state index in [1.54, 1.807) is 6.92 Å². The summed E-state index contributed by atoms with van der Waals surface area (Å²) in [6, 6.07) is 8.92. The Balaban J connectivity index is 1.41. The van der Waals surface area contributed by atoms with Gasteiger partial charge >= 0.3 is 0 Å². The molecule has 1 aromatic carbocycles. The summed E-state index contributed by atoms with van der Waals surface area (Å²) >= 11 is 0. The van der Waals surface area contributed by atoms with E-state index in [0.717, 1.165) is 44.1 Å². The second-order valence-corrected chi connectivity index (χ2v) is 8.66. The lowest BCUT2D eigenvalue weighted by Gasteiger charge is -2.32. The third-order valence-electron chi connectivity index (χ3n) is 6.62. The molecule has 3 rings (SSSR count). The highest BCUT2D eigenvalue weighted by molar-refractivity contribution is 5.75. The molecule has 1 aromatic rings. The lowest BCUT2D eigenvalue weighted by Crippen LogP contribution is -2.33. The Labute approximate surface area is 165 Å². The van der Waals surface area contributed by atoms with Gasteiger partial charge < -0.3 is 14.4 Å². The number of rotatable bonds is 8. The molecule has 0 amide bonds. The van der Waals surface area contributed by atoms with Crippen LogP contribution >= 0.6 is 0 Å². The van der Waals surface area contributed by atoms with Gasteiger partial charge in [0, 0.05) is 6.42 Å². The van der Waals surface area contributed by atoms with Crippen molar-refractivity contribution in [1.29, 1.82) is 0 Å². The van der Waals surface area contributed by atoms with Crippen LogP contribution in [-0.2, 0) is 4.79 Å². The van der Waals surface area contributed by atoms with E-state index in [4.69, 9.17) is 4.74 Å². The van der Waals surface area contributed by atoms with Crippen molar-refractivity contribution in [2.24, 2.45) is 5.92 Å². The van der Waals surface area contributed by atoms with Crippen LogP contribution in [0.4, 0.5) is 0 Å². The van der Waals surface area contributed by atoms with Gasteiger partial charge in [-0.25, -0.2) is 0 Å². The number of ether oxygens (including phenoxy) is 1. The first-order valence-electron chi connectivity index (χ1n) is 11.1. The quantitative estimate of drug-likeness (QED) is 0.597. The van der Waals surface area contributed by atoms with Crippen molar-refractivity contribution >= 4 is 5.78 Å². The molecular formula is C24H37NO2. The van der Waals surface area contributed by atoms with Gasteiger partial charge in [-0.15, -0.1) is 0 Å². The largest absolute Gasteiger partial charge is 0.490 e. The SMILES string of the molecule is CC[C@H]1CC[C@@H](Oc2ccc(C3CCN(CCCC(C)=O)CC3)cc2)CC1. The van der Waals surface area contributed by atoms with Crippen molar-refractivity contribution in [1.82, 2.24) is 4.90 Å². The van der Waals surface area contributed by atoms with Crippen molar-refractivity contribution in [2.45, 2.75) is 83.7 Å². The Kier molecular flexibility index (Phi) is 7.75. The molecule has 3 nitrogen and oxygen atoms in total. The molecule has 1 heterocycles. The Morgan fingerprint density at radius 2 is 1.70 bits per heavy atom. The molecule has 1 saturated carbocycles. The van der Waals surface area contributed by atoms with E-state index in [-0.39, 0.29) is 0 Å². The van der Waals surface area contributed by atoms with Crippen LogP contribution in [0.25, 0.3) is 0 Å². The molecule has 2 fully saturated rings. The summed E-state index contributed by atoms with van der Waals surface area (Å²) in [5.41, 5.74) is 1.46. The van der Waals surface area contributed by atoms with Gasteiger partial charge in [-0.2, -0.15) is 0 Å². The summed E-state index contributed by atoms with van der Waals surface area (Å²) in [5, 5.41) is 0. The number of likely N-dealkylation sites (tertiary alicyclic amines) is 1. The number of hydrogen-bond acceptors (Lipinski definition) is 3. The molecule has 0 aromatic heterocycles. The third-order valence-corrected chi connectivity index (χ3v) is 6.62. The molecule has 150 valence electrons. The van der Waals surface area contributed by atoms with Crippen LogP contribution in [0, 0.1) is 5.92 Å². The fraction of sp³-hybridized carbons (Fsp3) is 0.708. The van der Waals surface area contributed by atoms with Crippen molar-refractivity contribution in [3.8, 4) is 5.75 Å². The minimum atomic E-state index is 0.311. The number of hydrogen-bond donors (Lipinski definition) is 0. The molecule has 0 atom stereocenters. The van der Waals surface area contributed by atoms with Gasteiger partial charge in [-0.05, 0) is 101 Å². The highest BCUT2D eigenvalue weighted by atomic mass is 16.5. The number of piperidine rings is 1.